The summed E-state index contributed by atoms with van der Waals surface area (Å²) in [6.45, 7) is 1.71. The largest absolute Gasteiger partial charge is 0.378 e. The van der Waals surface area contributed by atoms with Gasteiger partial charge in [-0.05, 0) is 36.6 Å². The summed E-state index contributed by atoms with van der Waals surface area (Å²) in [5.74, 6) is 0.907. The molecule has 29 heavy (non-hydrogen) atoms. The SMILES string of the molecule is CN(C)c1cccc(C(=O)N[C@H]2CCCN(c3cc(-c4ccccc4)[nH]n3)C2)c1. The fourth-order valence-corrected chi connectivity index (χ4v) is 3.74. The number of amides is 1. The van der Waals surface area contributed by atoms with E-state index < -0.39 is 0 Å². The molecule has 2 heterocycles. The van der Waals surface area contributed by atoms with Gasteiger partial charge in [0.05, 0.1) is 5.69 Å². The molecule has 4 rings (SSSR count). The number of carbonyl (C=O) groups excluding carboxylic acids is 1. The number of aromatic amines is 1. The third-order valence-electron chi connectivity index (χ3n) is 5.35. The van der Waals surface area contributed by atoms with Crippen molar-refractivity contribution in [2.24, 2.45) is 0 Å². The Bertz CT molecular complexity index is 966. The van der Waals surface area contributed by atoms with Crippen LogP contribution in [0.2, 0.25) is 0 Å². The molecule has 3 aromatic rings. The molecule has 0 aliphatic carbocycles. The minimum Gasteiger partial charge on any atom is -0.378 e. The number of H-pyrrole nitrogens is 1. The molecule has 1 saturated heterocycles. The first kappa shape index (κ1) is 19.1. The normalized spacial score (nSPS) is 16.5. The van der Waals surface area contributed by atoms with E-state index in [0.717, 1.165) is 48.7 Å². The van der Waals surface area contributed by atoms with Gasteiger partial charge in [-0.2, -0.15) is 5.10 Å². The van der Waals surface area contributed by atoms with Crippen LogP contribution < -0.4 is 15.1 Å². The lowest BCUT2D eigenvalue weighted by Crippen LogP contribution is -2.48. The summed E-state index contributed by atoms with van der Waals surface area (Å²) in [7, 11) is 3.95. The number of hydrogen-bond acceptors (Lipinski definition) is 4. The molecular formula is C23H27N5O. The number of hydrogen-bond donors (Lipinski definition) is 2. The van der Waals surface area contributed by atoms with Crippen LogP contribution in [0.1, 0.15) is 23.2 Å². The van der Waals surface area contributed by atoms with Crippen molar-refractivity contribution in [3.63, 3.8) is 0 Å². The van der Waals surface area contributed by atoms with Crippen LogP contribution in [-0.4, -0.2) is 49.3 Å². The van der Waals surface area contributed by atoms with Gasteiger partial charge < -0.3 is 15.1 Å². The van der Waals surface area contributed by atoms with Gasteiger partial charge in [0.2, 0.25) is 0 Å². The second-order valence-electron chi connectivity index (χ2n) is 7.71. The van der Waals surface area contributed by atoms with Crippen LogP contribution in [-0.2, 0) is 0 Å². The highest BCUT2D eigenvalue weighted by atomic mass is 16.1. The van der Waals surface area contributed by atoms with Crippen molar-refractivity contribution in [2.75, 3.05) is 37.0 Å². The van der Waals surface area contributed by atoms with Crippen LogP contribution in [0, 0.1) is 0 Å². The smallest absolute Gasteiger partial charge is 0.251 e. The highest BCUT2D eigenvalue weighted by Crippen LogP contribution is 2.24. The van der Waals surface area contributed by atoms with Crippen LogP contribution in [0.25, 0.3) is 11.3 Å². The summed E-state index contributed by atoms with van der Waals surface area (Å²) < 4.78 is 0. The summed E-state index contributed by atoms with van der Waals surface area (Å²) in [6, 6.07) is 20.1. The van der Waals surface area contributed by atoms with E-state index in [0.29, 0.717) is 5.56 Å². The van der Waals surface area contributed by atoms with Crippen molar-refractivity contribution in [1.29, 1.82) is 0 Å². The molecule has 1 amide bonds. The number of piperidine rings is 1. The van der Waals surface area contributed by atoms with Crippen molar-refractivity contribution in [3.8, 4) is 11.3 Å². The van der Waals surface area contributed by atoms with Gasteiger partial charge >= 0.3 is 0 Å². The molecule has 6 heteroatoms. The fourth-order valence-electron chi connectivity index (χ4n) is 3.74. The Morgan fingerprint density at radius 1 is 1.14 bits per heavy atom. The van der Waals surface area contributed by atoms with Gasteiger partial charge in [0.15, 0.2) is 5.82 Å². The topological polar surface area (TPSA) is 64.3 Å². The van der Waals surface area contributed by atoms with Crippen molar-refractivity contribution >= 4 is 17.4 Å². The van der Waals surface area contributed by atoms with Gasteiger partial charge in [-0.1, -0.05) is 36.4 Å². The number of benzene rings is 2. The number of nitrogens with zero attached hydrogens (tertiary/aromatic N) is 3. The Balaban J connectivity index is 1.42. The molecule has 150 valence electrons. The fraction of sp³-hybridized carbons (Fsp3) is 0.304. The molecule has 0 bridgehead atoms. The highest BCUT2D eigenvalue weighted by molar-refractivity contribution is 5.95. The summed E-state index contributed by atoms with van der Waals surface area (Å²) in [5.41, 5.74) is 3.84. The number of nitrogens with one attached hydrogen (secondary N) is 2. The van der Waals surface area contributed by atoms with Gasteiger partial charge in [-0.3, -0.25) is 9.89 Å². The summed E-state index contributed by atoms with van der Waals surface area (Å²) in [4.78, 5) is 17.0. The predicted molar refractivity (Wildman–Crippen MR) is 117 cm³/mol. The molecule has 1 fully saturated rings. The number of carbonyl (C=O) groups is 1. The average molecular weight is 390 g/mol. The standard InChI is InChI=1S/C23H27N5O/c1-27(2)20-12-6-10-18(14-20)23(29)24-19-11-7-13-28(16-19)22-15-21(25-26-22)17-8-4-3-5-9-17/h3-6,8-10,12,14-15,19H,7,11,13,16H2,1-2H3,(H,24,29)(H,25,26)/t19-/m0/s1. The van der Waals surface area contributed by atoms with Crippen molar-refractivity contribution in [1.82, 2.24) is 15.5 Å². The first-order valence-electron chi connectivity index (χ1n) is 10.0. The van der Waals surface area contributed by atoms with Gasteiger partial charge in [0.1, 0.15) is 0 Å². The minimum absolute atomic E-state index is 0.0208. The van der Waals surface area contributed by atoms with E-state index in [1.807, 2.05) is 61.5 Å². The maximum Gasteiger partial charge on any atom is 0.251 e. The first-order valence-corrected chi connectivity index (χ1v) is 10.0. The Labute approximate surface area is 171 Å². The predicted octanol–water partition coefficient (Wildman–Crippen LogP) is 3.54. The van der Waals surface area contributed by atoms with E-state index >= 15 is 0 Å². The third-order valence-corrected chi connectivity index (χ3v) is 5.35. The number of aromatic nitrogens is 2. The molecule has 0 saturated carbocycles. The second kappa shape index (κ2) is 8.39. The molecule has 1 aliphatic rings. The molecule has 1 aromatic heterocycles. The van der Waals surface area contributed by atoms with Crippen LogP contribution in [0.15, 0.2) is 60.7 Å². The van der Waals surface area contributed by atoms with E-state index in [9.17, 15) is 4.79 Å². The van der Waals surface area contributed by atoms with Gasteiger partial charge in [-0.25, -0.2) is 0 Å². The van der Waals surface area contributed by atoms with Crippen molar-refractivity contribution < 1.29 is 4.79 Å². The van der Waals surface area contributed by atoms with Gasteiger partial charge in [-0.15, -0.1) is 0 Å². The minimum atomic E-state index is -0.0208. The Kier molecular flexibility index (Phi) is 5.51. The zero-order valence-corrected chi connectivity index (χ0v) is 16.9. The Hall–Kier alpha value is -3.28. The van der Waals surface area contributed by atoms with Crippen LogP contribution in [0.3, 0.4) is 0 Å². The Morgan fingerprint density at radius 2 is 1.97 bits per heavy atom. The van der Waals surface area contributed by atoms with E-state index in [4.69, 9.17) is 0 Å². The van der Waals surface area contributed by atoms with Crippen LogP contribution in [0.4, 0.5) is 11.5 Å². The van der Waals surface area contributed by atoms with Gasteiger partial charge in [0.25, 0.3) is 5.91 Å². The maximum atomic E-state index is 12.8. The first-order chi connectivity index (χ1) is 14.1. The Morgan fingerprint density at radius 3 is 2.76 bits per heavy atom. The molecule has 0 unspecified atom stereocenters. The monoisotopic (exact) mass is 389 g/mol. The van der Waals surface area contributed by atoms with E-state index in [2.05, 4.69) is 38.6 Å². The quantitative estimate of drug-likeness (QED) is 0.701. The molecule has 2 N–H and O–H groups in total. The number of anilines is 2. The van der Waals surface area contributed by atoms with Crippen molar-refractivity contribution in [3.05, 3.63) is 66.2 Å². The summed E-state index contributed by atoms with van der Waals surface area (Å²) in [5, 5.41) is 10.8. The number of rotatable bonds is 5. The maximum absolute atomic E-state index is 12.8. The molecule has 1 atom stereocenters. The lowest BCUT2D eigenvalue weighted by atomic mass is 10.0. The highest BCUT2D eigenvalue weighted by Gasteiger charge is 2.23. The van der Waals surface area contributed by atoms with Gasteiger partial charge in [0, 0.05) is 50.5 Å². The van der Waals surface area contributed by atoms with E-state index in [-0.39, 0.29) is 11.9 Å². The molecule has 0 radical (unpaired) electrons. The summed E-state index contributed by atoms with van der Waals surface area (Å²) in [6.07, 6.45) is 2.00. The molecule has 0 spiro atoms. The average Bonchev–Trinajstić information content (AvgIpc) is 3.25. The molecule has 6 nitrogen and oxygen atoms in total. The van der Waals surface area contributed by atoms with Crippen LogP contribution in [0.5, 0.6) is 0 Å². The third kappa shape index (κ3) is 4.42. The second-order valence-corrected chi connectivity index (χ2v) is 7.71. The zero-order valence-electron chi connectivity index (χ0n) is 16.9. The van der Waals surface area contributed by atoms with E-state index in [1.165, 1.54) is 0 Å². The van der Waals surface area contributed by atoms with Crippen molar-refractivity contribution in [2.45, 2.75) is 18.9 Å². The molecular weight excluding hydrogens is 362 g/mol. The summed E-state index contributed by atoms with van der Waals surface area (Å²) >= 11 is 0. The van der Waals surface area contributed by atoms with E-state index in [1.54, 1.807) is 0 Å². The van der Waals surface area contributed by atoms with Crippen LogP contribution >= 0.6 is 0 Å². The molecule has 2 aromatic carbocycles. The lowest BCUT2D eigenvalue weighted by Gasteiger charge is -2.33. The molecule has 1 aliphatic heterocycles. The lowest BCUT2D eigenvalue weighted by molar-refractivity contribution is 0.0933. The zero-order chi connectivity index (χ0) is 20.2.